The van der Waals surface area contributed by atoms with Gasteiger partial charge in [-0.25, -0.2) is 18.4 Å². The van der Waals surface area contributed by atoms with E-state index >= 15 is 4.39 Å². The van der Waals surface area contributed by atoms with Crippen LogP contribution in [0.15, 0.2) is 35.4 Å². The van der Waals surface area contributed by atoms with Crippen molar-refractivity contribution in [2.24, 2.45) is 0 Å². The van der Waals surface area contributed by atoms with Gasteiger partial charge in [-0.1, -0.05) is 6.07 Å². The maximum Gasteiger partial charge on any atom is 0.435 e. The SMILES string of the molecule is COc1c(Oc2nnc(C(F)(F)F)c(C)c2C(=O)Nc2cccc(S(C)(=N)=O)c2)ncc(C2(O)CC2)c1F. The fourth-order valence-corrected chi connectivity index (χ4v) is 4.32. The number of halogens is 4. The molecular weight excluding hydrogens is 534 g/mol. The minimum atomic E-state index is -4.97. The van der Waals surface area contributed by atoms with Crippen molar-refractivity contribution in [1.29, 1.82) is 4.78 Å². The molecule has 0 saturated heterocycles. The summed E-state index contributed by atoms with van der Waals surface area (Å²) in [5.41, 5.74) is -4.29. The van der Waals surface area contributed by atoms with E-state index in [1.807, 2.05) is 0 Å². The van der Waals surface area contributed by atoms with E-state index in [0.717, 1.165) is 20.2 Å². The van der Waals surface area contributed by atoms with Crippen LogP contribution in [0.5, 0.6) is 17.5 Å². The van der Waals surface area contributed by atoms with Gasteiger partial charge in [0.1, 0.15) is 5.56 Å². The number of alkyl halides is 3. The molecule has 1 aliphatic rings. The summed E-state index contributed by atoms with van der Waals surface area (Å²) in [6.07, 6.45) is -2.20. The summed E-state index contributed by atoms with van der Waals surface area (Å²) in [6.45, 7) is 0.981. The Morgan fingerprint density at radius 3 is 2.50 bits per heavy atom. The van der Waals surface area contributed by atoms with Crippen LogP contribution in [-0.2, 0) is 21.5 Å². The zero-order chi connectivity index (χ0) is 28.0. The topological polar surface area (TPSA) is 147 Å². The summed E-state index contributed by atoms with van der Waals surface area (Å²) < 4.78 is 86.0. The Bertz CT molecular complexity index is 1540. The first-order valence-corrected chi connectivity index (χ1v) is 12.8. The summed E-state index contributed by atoms with van der Waals surface area (Å²) in [5.74, 6) is -3.95. The van der Waals surface area contributed by atoms with E-state index in [1.54, 1.807) is 0 Å². The number of carbonyl (C=O) groups excluding carboxylic acids is 1. The Balaban J connectivity index is 1.78. The van der Waals surface area contributed by atoms with E-state index in [1.165, 1.54) is 30.5 Å². The van der Waals surface area contributed by atoms with Crippen LogP contribution in [0.3, 0.4) is 0 Å². The van der Waals surface area contributed by atoms with Crippen molar-refractivity contribution in [3.63, 3.8) is 0 Å². The van der Waals surface area contributed by atoms with Crippen molar-refractivity contribution >= 4 is 21.3 Å². The molecule has 1 aromatic carbocycles. The number of rotatable bonds is 7. The second-order valence-corrected chi connectivity index (χ2v) is 10.8. The van der Waals surface area contributed by atoms with E-state index in [9.17, 15) is 27.3 Å². The molecule has 2 heterocycles. The zero-order valence-electron chi connectivity index (χ0n) is 20.1. The second kappa shape index (κ2) is 9.47. The number of nitrogens with one attached hydrogen (secondary N) is 2. The van der Waals surface area contributed by atoms with Crippen LogP contribution in [0.1, 0.15) is 40.0 Å². The lowest BCUT2D eigenvalue weighted by molar-refractivity contribution is -0.142. The highest BCUT2D eigenvalue weighted by atomic mass is 32.2. The van der Waals surface area contributed by atoms with Crippen LogP contribution in [0.2, 0.25) is 0 Å². The molecule has 0 aliphatic heterocycles. The van der Waals surface area contributed by atoms with Gasteiger partial charge in [0, 0.05) is 28.6 Å². The lowest BCUT2D eigenvalue weighted by Crippen LogP contribution is -2.21. The largest absolute Gasteiger partial charge is 0.489 e. The Kier molecular flexibility index (Phi) is 6.78. The lowest BCUT2D eigenvalue weighted by Gasteiger charge is -2.18. The number of hydrogen-bond donors (Lipinski definition) is 3. The molecule has 3 aromatic rings. The van der Waals surface area contributed by atoms with Gasteiger partial charge in [-0.15, -0.1) is 10.2 Å². The molecule has 0 radical (unpaired) electrons. The van der Waals surface area contributed by atoms with Crippen molar-refractivity contribution in [3.8, 4) is 17.5 Å². The Hall–Kier alpha value is -3.85. The molecule has 1 fully saturated rings. The molecular formula is C23H21F4N5O5S. The maximum absolute atomic E-state index is 15.0. The average Bonchev–Trinajstić information content (AvgIpc) is 3.56. The molecule has 0 bridgehead atoms. The fourth-order valence-electron chi connectivity index (χ4n) is 3.63. The van der Waals surface area contributed by atoms with Crippen LogP contribution >= 0.6 is 0 Å². The van der Waals surface area contributed by atoms with Gasteiger partial charge in [-0.05, 0) is 43.5 Å². The second-order valence-electron chi connectivity index (χ2n) is 8.64. The smallest absolute Gasteiger partial charge is 0.435 e. The van der Waals surface area contributed by atoms with E-state index in [4.69, 9.17) is 14.3 Å². The predicted octanol–water partition coefficient (Wildman–Crippen LogP) is 4.41. The normalized spacial score (nSPS) is 15.9. The number of benzene rings is 1. The van der Waals surface area contributed by atoms with Gasteiger partial charge in [0.05, 0.1) is 22.4 Å². The van der Waals surface area contributed by atoms with Crippen LogP contribution in [0.25, 0.3) is 0 Å². The van der Waals surface area contributed by atoms with Crippen LogP contribution in [0.4, 0.5) is 23.2 Å². The number of ether oxygens (including phenoxy) is 2. The molecule has 3 N–H and O–H groups in total. The number of amides is 1. The monoisotopic (exact) mass is 555 g/mol. The van der Waals surface area contributed by atoms with E-state index in [-0.39, 0.29) is 16.1 Å². The quantitative estimate of drug-likeness (QED) is 0.363. The Morgan fingerprint density at radius 2 is 1.92 bits per heavy atom. The molecule has 38 heavy (non-hydrogen) atoms. The van der Waals surface area contributed by atoms with Gasteiger partial charge in [0.25, 0.3) is 17.7 Å². The van der Waals surface area contributed by atoms with E-state index < -0.39 is 67.6 Å². The number of pyridine rings is 1. The van der Waals surface area contributed by atoms with Gasteiger partial charge in [-0.3, -0.25) is 4.79 Å². The van der Waals surface area contributed by atoms with Gasteiger partial charge in [0.15, 0.2) is 11.5 Å². The Morgan fingerprint density at radius 1 is 1.24 bits per heavy atom. The molecule has 2 aromatic heterocycles. The third kappa shape index (κ3) is 5.24. The highest BCUT2D eigenvalue weighted by Gasteiger charge is 2.46. The first kappa shape index (κ1) is 27.2. The molecule has 1 aliphatic carbocycles. The van der Waals surface area contributed by atoms with Crippen molar-refractivity contribution < 1.29 is 41.1 Å². The number of carbonyl (C=O) groups is 1. The molecule has 1 unspecified atom stereocenters. The summed E-state index contributed by atoms with van der Waals surface area (Å²) >= 11 is 0. The molecule has 1 amide bonds. The first-order chi connectivity index (χ1) is 17.7. The summed E-state index contributed by atoms with van der Waals surface area (Å²) in [5, 5.41) is 19.2. The van der Waals surface area contributed by atoms with Gasteiger partial charge in [-0.2, -0.15) is 13.2 Å². The fraction of sp³-hybridized carbons (Fsp3) is 0.304. The molecule has 0 spiro atoms. The Labute approximate surface area is 214 Å². The predicted molar refractivity (Wildman–Crippen MR) is 125 cm³/mol. The van der Waals surface area contributed by atoms with Crippen LogP contribution < -0.4 is 14.8 Å². The minimum Gasteiger partial charge on any atom is -0.489 e. The third-order valence-electron chi connectivity index (χ3n) is 5.79. The van der Waals surface area contributed by atoms with Gasteiger partial charge < -0.3 is 19.9 Å². The molecule has 10 nitrogen and oxygen atoms in total. The standard InChI is InChI=1S/C23H21F4N5O5S/c1-11-15(19(33)30-12-5-4-6-13(9-12)38(3,28)35)20(32-31-18(11)23(25,26)27)37-21-17(36-2)16(24)14(10-29-21)22(34)7-8-22/h4-6,9-10,28,34H,7-8H2,1-3H3,(H,30,33). The number of anilines is 1. The van der Waals surface area contributed by atoms with Crippen molar-refractivity contribution in [3.05, 3.63) is 58.7 Å². The van der Waals surface area contributed by atoms with E-state index in [0.29, 0.717) is 12.8 Å². The highest BCUT2D eigenvalue weighted by molar-refractivity contribution is 7.91. The number of aromatic nitrogens is 3. The highest BCUT2D eigenvalue weighted by Crippen LogP contribution is 2.48. The third-order valence-corrected chi connectivity index (χ3v) is 6.94. The molecule has 15 heteroatoms. The number of aliphatic hydroxyl groups is 1. The van der Waals surface area contributed by atoms with Gasteiger partial charge >= 0.3 is 6.18 Å². The zero-order valence-corrected chi connectivity index (χ0v) is 21.0. The van der Waals surface area contributed by atoms with Crippen molar-refractivity contribution in [1.82, 2.24) is 15.2 Å². The van der Waals surface area contributed by atoms with Crippen molar-refractivity contribution in [2.45, 2.75) is 36.4 Å². The summed E-state index contributed by atoms with van der Waals surface area (Å²) in [4.78, 5) is 17.2. The van der Waals surface area contributed by atoms with Crippen LogP contribution in [-0.4, -0.2) is 43.8 Å². The molecule has 1 saturated carbocycles. The molecule has 4 rings (SSSR count). The number of nitrogens with zero attached hydrogens (tertiary/aromatic N) is 3. The van der Waals surface area contributed by atoms with Gasteiger partial charge in [0.2, 0.25) is 5.75 Å². The number of hydrogen-bond acceptors (Lipinski definition) is 9. The van der Waals surface area contributed by atoms with Crippen LogP contribution in [0, 0.1) is 17.5 Å². The lowest BCUT2D eigenvalue weighted by atomic mass is 10.1. The molecule has 202 valence electrons. The van der Waals surface area contributed by atoms with Crippen molar-refractivity contribution in [2.75, 3.05) is 18.7 Å². The first-order valence-electron chi connectivity index (χ1n) is 10.9. The molecule has 1 atom stereocenters. The van der Waals surface area contributed by atoms with E-state index in [2.05, 4.69) is 20.5 Å². The summed E-state index contributed by atoms with van der Waals surface area (Å²) in [6, 6.07) is 5.42. The minimum absolute atomic E-state index is 0.0360. The number of methoxy groups -OCH3 is 1. The average molecular weight is 556 g/mol. The summed E-state index contributed by atoms with van der Waals surface area (Å²) in [7, 11) is -2.06. The maximum atomic E-state index is 15.0.